The summed E-state index contributed by atoms with van der Waals surface area (Å²) < 4.78 is 22.3. The lowest BCUT2D eigenvalue weighted by atomic mass is 10.1. The highest BCUT2D eigenvalue weighted by Crippen LogP contribution is 2.40. The molecule has 2 atom stereocenters. The molecule has 4 heterocycles. The third-order valence-corrected chi connectivity index (χ3v) is 8.46. The summed E-state index contributed by atoms with van der Waals surface area (Å²) in [6.45, 7) is 3.92. The van der Waals surface area contributed by atoms with Crippen LogP contribution in [0.1, 0.15) is 40.2 Å². The van der Waals surface area contributed by atoms with Crippen LogP contribution in [-0.4, -0.2) is 62.2 Å². The van der Waals surface area contributed by atoms with Crippen LogP contribution >= 0.6 is 0 Å². The number of hydrogen-bond donors (Lipinski definition) is 2. The first-order chi connectivity index (χ1) is 21.0. The molecule has 0 bridgehead atoms. The average molecular weight is 580 g/mol. The van der Waals surface area contributed by atoms with Gasteiger partial charge in [-0.3, -0.25) is 4.90 Å². The van der Waals surface area contributed by atoms with Crippen LogP contribution in [0, 0.1) is 17.1 Å². The molecule has 2 unspecified atom stereocenters. The molecule has 1 aliphatic carbocycles. The Bertz CT molecular complexity index is 1800. The van der Waals surface area contributed by atoms with Gasteiger partial charge in [0.05, 0.1) is 34.8 Å². The van der Waals surface area contributed by atoms with Crippen molar-refractivity contribution in [1.29, 1.82) is 5.26 Å². The molecule has 2 aliphatic heterocycles. The van der Waals surface area contributed by atoms with Gasteiger partial charge in [0.25, 0.3) is 0 Å². The van der Waals surface area contributed by atoms with Crippen molar-refractivity contribution in [3.8, 4) is 11.9 Å². The van der Waals surface area contributed by atoms with Gasteiger partial charge in [-0.05, 0) is 61.0 Å². The van der Waals surface area contributed by atoms with Gasteiger partial charge in [-0.15, -0.1) is 0 Å². The van der Waals surface area contributed by atoms with E-state index in [0.717, 1.165) is 55.2 Å². The van der Waals surface area contributed by atoms with Crippen molar-refractivity contribution >= 4 is 22.8 Å². The number of imidazole rings is 1. The smallest absolute Gasteiger partial charge is 0.335 e. The largest absolute Gasteiger partial charge is 0.478 e. The summed E-state index contributed by atoms with van der Waals surface area (Å²) in [4.78, 5) is 26.1. The van der Waals surface area contributed by atoms with Gasteiger partial charge in [0.2, 0.25) is 5.88 Å². The average Bonchev–Trinajstić information content (AvgIpc) is 3.53. The van der Waals surface area contributed by atoms with E-state index >= 15 is 0 Å². The summed E-state index contributed by atoms with van der Waals surface area (Å²) in [7, 11) is 0. The van der Waals surface area contributed by atoms with Crippen molar-refractivity contribution in [2.45, 2.75) is 44.6 Å². The van der Waals surface area contributed by atoms with E-state index in [1.54, 1.807) is 36.4 Å². The van der Waals surface area contributed by atoms with Crippen LogP contribution < -0.4 is 15.0 Å². The molecule has 2 N–H and O–H groups in total. The minimum Gasteiger partial charge on any atom is -0.478 e. The van der Waals surface area contributed by atoms with Crippen molar-refractivity contribution in [3.63, 3.8) is 0 Å². The summed E-state index contributed by atoms with van der Waals surface area (Å²) in [5, 5.41) is 21.8. The number of ether oxygens (including phenoxy) is 1. The third-order valence-electron chi connectivity index (χ3n) is 8.46. The molecule has 3 aliphatic rings. The van der Waals surface area contributed by atoms with E-state index < -0.39 is 11.8 Å². The predicted molar refractivity (Wildman–Crippen MR) is 157 cm³/mol. The topological polar surface area (TPSA) is 120 Å². The molecule has 2 aromatic heterocycles. The minimum atomic E-state index is -0.945. The number of aromatic carboxylic acids is 1. The number of benzene rings is 2. The van der Waals surface area contributed by atoms with Crippen molar-refractivity contribution < 1.29 is 19.0 Å². The number of nitriles is 1. The summed E-state index contributed by atoms with van der Waals surface area (Å²) in [6.07, 6.45) is 4.03. The number of piperazine rings is 1. The second-order valence-electron chi connectivity index (χ2n) is 11.2. The molecule has 43 heavy (non-hydrogen) atoms. The van der Waals surface area contributed by atoms with Gasteiger partial charge in [-0.1, -0.05) is 12.1 Å². The number of hydrogen-bond acceptors (Lipinski definition) is 8. The van der Waals surface area contributed by atoms with Gasteiger partial charge in [0, 0.05) is 49.9 Å². The van der Waals surface area contributed by atoms with Crippen LogP contribution in [0.25, 0.3) is 11.0 Å². The number of nitrogens with zero attached hydrogens (tertiary/aromatic N) is 6. The number of aromatic nitrogens is 3. The minimum absolute atomic E-state index is 0.0236. The van der Waals surface area contributed by atoms with Crippen LogP contribution in [0.15, 0.2) is 66.4 Å². The molecule has 7 rings (SSSR count). The van der Waals surface area contributed by atoms with E-state index in [1.807, 2.05) is 18.2 Å². The zero-order valence-corrected chi connectivity index (χ0v) is 23.4. The molecule has 0 radical (unpaired) electrons. The summed E-state index contributed by atoms with van der Waals surface area (Å²) in [6, 6.07) is 17.8. The Morgan fingerprint density at radius 2 is 2.02 bits per heavy atom. The standard InChI is InChI=1S/C32H30FN7O3/c33-24-12-20(15-34)4-5-23(24)19-43-31-3-1-2-29(37-31)39-11-10-38(27-14-28(27)39)18-30-36-25-7-6-22(32(41)42)13-26(25)40(30)17-21-8-9-35-16-21/h1-7,12-13,16,27-28,35H,8-11,14,17-19H2,(H,41,42). The first-order valence-electron chi connectivity index (χ1n) is 14.4. The summed E-state index contributed by atoms with van der Waals surface area (Å²) in [5.74, 6) is 0.775. The lowest BCUT2D eigenvalue weighted by Crippen LogP contribution is -2.46. The molecule has 1 saturated heterocycles. The van der Waals surface area contributed by atoms with E-state index in [9.17, 15) is 14.3 Å². The molecule has 218 valence electrons. The van der Waals surface area contributed by atoms with Crippen LogP contribution in [0.5, 0.6) is 5.88 Å². The van der Waals surface area contributed by atoms with E-state index in [-0.39, 0.29) is 17.7 Å². The van der Waals surface area contributed by atoms with E-state index in [1.165, 1.54) is 11.6 Å². The first-order valence-corrected chi connectivity index (χ1v) is 14.4. The maximum Gasteiger partial charge on any atom is 0.335 e. The number of nitrogens with one attached hydrogen (secondary N) is 1. The van der Waals surface area contributed by atoms with Gasteiger partial charge < -0.3 is 24.6 Å². The highest BCUT2D eigenvalue weighted by Gasteiger charge is 2.49. The van der Waals surface area contributed by atoms with E-state index in [0.29, 0.717) is 36.6 Å². The number of carboxylic acid groups (broad SMARTS) is 1. The number of rotatable bonds is 9. The van der Waals surface area contributed by atoms with Crippen LogP contribution in [0.3, 0.4) is 0 Å². The zero-order valence-electron chi connectivity index (χ0n) is 23.4. The molecule has 2 aromatic carbocycles. The Morgan fingerprint density at radius 1 is 1.12 bits per heavy atom. The van der Waals surface area contributed by atoms with Gasteiger partial charge in [-0.25, -0.2) is 14.2 Å². The maximum atomic E-state index is 14.3. The SMILES string of the molecule is N#Cc1ccc(COc2cccc(N3CCN(Cc4nc5ccc(C(=O)O)cc5n4CC4=CNCC4)C4CC43)n2)c(F)c1. The predicted octanol–water partition coefficient (Wildman–Crippen LogP) is 4.06. The van der Waals surface area contributed by atoms with Crippen LogP contribution in [0.2, 0.25) is 0 Å². The lowest BCUT2D eigenvalue weighted by Gasteiger charge is -2.34. The van der Waals surface area contributed by atoms with Crippen molar-refractivity contribution in [2.75, 3.05) is 24.5 Å². The Morgan fingerprint density at radius 3 is 2.81 bits per heavy atom. The number of carboxylic acids is 1. The molecular weight excluding hydrogens is 549 g/mol. The number of halogens is 1. The number of carbonyl (C=O) groups is 1. The van der Waals surface area contributed by atoms with Gasteiger partial charge in [0.15, 0.2) is 0 Å². The normalized spacial score (nSPS) is 19.4. The monoisotopic (exact) mass is 579 g/mol. The van der Waals surface area contributed by atoms with Crippen molar-refractivity contribution in [1.82, 2.24) is 24.8 Å². The quantitative estimate of drug-likeness (QED) is 0.303. The fourth-order valence-corrected chi connectivity index (χ4v) is 6.11. The molecule has 0 amide bonds. The Kier molecular flexibility index (Phi) is 6.91. The van der Waals surface area contributed by atoms with E-state index in [4.69, 9.17) is 20.0 Å². The van der Waals surface area contributed by atoms with Gasteiger partial charge in [0.1, 0.15) is 24.1 Å². The summed E-state index contributed by atoms with van der Waals surface area (Å²) in [5.41, 5.74) is 3.82. The van der Waals surface area contributed by atoms with Gasteiger partial charge in [-0.2, -0.15) is 10.2 Å². The second kappa shape index (κ2) is 11.0. The maximum absolute atomic E-state index is 14.3. The first kappa shape index (κ1) is 26.9. The fourth-order valence-electron chi connectivity index (χ4n) is 6.11. The third kappa shape index (κ3) is 5.37. The van der Waals surface area contributed by atoms with Gasteiger partial charge >= 0.3 is 5.97 Å². The Labute approximate surface area is 247 Å². The molecule has 2 fully saturated rings. The van der Waals surface area contributed by atoms with Crippen molar-refractivity contribution in [2.24, 2.45) is 0 Å². The van der Waals surface area contributed by atoms with E-state index in [2.05, 4.69) is 25.9 Å². The zero-order chi connectivity index (χ0) is 29.5. The Balaban J connectivity index is 1.05. The highest BCUT2D eigenvalue weighted by molar-refractivity contribution is 5.92. The molecule has 10 nitrogen and oxygen atoms in total. The lowest BCUT2D eigenvalue weighted by molar-refractivity contribution is 0.0697. The molecule has 1 saturated carbocycles. The second-order valence-corrected chi connectivity index (χ2v) is 11.2. The fraction of sp³-hybridized carbons (Fsp3) is 0.312. The highest BCUT2D eigenvalue weighted by atomic mass is 19.1. The molecular formula is C32H30FN7O3. The molecule has 4 aromatic rings. The van der Waals surface area contributed by atoms with Crippen LogP contribution in [0.4, 0.5) is 10.2 Å². The van der Waals surface area contributed by atoms with Crippen molar-refractivity contribution in [3.05, 3.63) is 94.7 Å². The summed E-state index contributed by atoms with van der Waals surface area (Å²) >= 11 is 0. The number of fused-ring (bicyclic) bond motifs is 2. The van der Waals surface area contributed by atoms with Crippen LogP contribution in [-0.2, 0) is 19.7 Å². The molecule has 11 heteroatoms. The number of anilines is 1. The number of pyridine rings is 1. The Hall–Kier alpha value is -4.95. The molecule has 0 spiro atoms.